The van der Waals surface area contributed by atoms with Gasteiger partial charge in [0.25, 0.3) is 0 Å². The van der Waals surface area contributed by atoms with Gasteiger partial charge in [-0.15, -0.1) is 0 Å². The molecular formula is C18H20O5. The van der Waals surface area contributed by atoms with Crippen LogP contribution in [-0.2, 0) is 9.53 Å². The van der Waals surface area contributed by atoms with Crippen LogP contribution < -0.4 is 14.2 Å². The lowest BCUT2D eigenvalue weighted by molar-refractivity contribution is -0.144. The van der Waals surface area contributed by atoms with Crippen LogP contribution in [0, 0.1) is 0 Å². The standard InChI is InChI=1S/C18H20O5/c1-12(19)23-17(13-8-6-5-7-9-13)14-10-15(20-2)18(22-4)16(11-14)21-3/h5-11,17H,1-4H3. The van der Waals surface area contributed by atoms with Crippen LogP contribution in [0.15, 0.2) is 42.5 Å². The molecule has 0 amide bonds. The van der Waals surface area contributed by atoms with E-state index in [4.69, 9.17) is 18.9 Å². The molecule has 2 aromatic carbocycles. The van der Waals surface area contributed by atoms with Crippen LogP contribution in [0.3, 0.4) is 0 Å². The van der Waals surface area contributed by atoms with Crippen molar-refractivity contribution in [1.29, 1.82) is 0 Å². The molecule has 0 bridgehead atoms. The minimum absolute atomic E-state index is 0.368. The lowest BCUT2D eigenvalue weighted by Crippen LogP contribution is -2.11. The lowest BCUT2D eigenvalue weighted by Gasteiger charge is -2.21. The molecule has 0 fully saturated rings. The highest BCUT2D eigenvalue weighted by atomic mass is 16.5. The molecule has 0 heterocycles. The van der Waals surface area contributed by atoms with Crippen LogP contribution in [0.2, 0.25) is 0 Å². The molecule has 2 rings (SSSR count). The molecule has 0 aromatic heterocycles. The molecule has 5 heteroatoms. The molecule has 23 heavy (non-hydrogen) atoms. The van der Waals surface area contributed by atoms with Gasteiger partial charge in [-0.05, 0) is 17.7 Å². The van der Waals surface area contributed by atoms with Gasteiger partial charge >= 0.3 is 5.97 Å². The third kappa shape index (κ3) is 3.74. The summed E-state index contributed by atoms with van der Waals surface area (Å²) < 4.78 is 21.6. The first kappa shape index (κ1) is 16.7. The van der Waals surface area contributed by atoms with E-state index in [-0.39, 0.29) is 5.97 Å². The average molecular weight is 316 g/mol. The summed E-state index contributed by atoms with van der Waals surface area (Å²) in [5, 5.41) is 0. The zero-order chi connectivity index (χ0) is 16.8. The van der Waals surface area contributed by atoms with Gasteiger partial charge in [0.15, 0.2) is 17.6 Å². The highest BCUT2D eigenvalue weighted by molar-refractivity contribution is 5.67. The third-order valence-electron chi connectivity index (χ3n) is 3.38. The van der Waals surface area contributed by atoms with E-state index < -0.39 is 6.10 Å². The molecule has 0 saturated heterocycles. The number of methoxy groups -OCH3 is 3. The molecule has 0 aliphatic rings. The second-order valence-corrected chi connectivity index (χ2v) is 4.86. The molecule has 1 atom stereocenters. The van der Waals surface area contributed by atoms with Crippen LogP contribution in [0.25, 0.3) is 0 Å². The number of carbonyl (C=O) groups excluding carboxylic acids is 1. The van der Waals surface area contributed by atoms with E-state index in [9.17, 15) is 4.79 Å². The number of hydrogen-bond donors (Lipinski definition) is 0. The zero-order valence-electron chi connectivity index (χ0n) is 13.7. The van der Waals surface area contributed by atoms with E-state index in [0.717, 1.165) is 11.1 Å². The minimum Gasteiger partial charge on any atom is -0.493 e. The van der Waals surface area contributed by atoms with Crippen molar-refractivity contribution in [2.24, 2.45) is 0 Å². The van der Waals surface area contributed by atoms with E-state index >= 15 is 0 Å². The fourth-order valence-electron chi connectivity index (χ4n) is 2.38. The SMILES string of the molecule is COc1cc(C(OC(C)=O)c2ccccc2)cc(OC)c1OC. The average Bonchev–Trinajstić information content (AvgIpc) is 2.58. The Morgan fingerprint density at radius 2 is 1.43 bits per heavy atom. The van der Waals surface area contributed by atoms with Gasteiger partial charge in [0.05, 0.1) is 21.3 Å². The van der Waals surface area contributed by atoms with Crippen molar-refractivity contribution in [3.8, 4) is 17.2 Å². The first-order valence-electron chi connectivity index (χ1n) is 7.12. The van der Waals surface area contributed by atoms with Gasteiger partial charge in [-0.3, -0.25) is 4.79 Å². The molecule has 2 aromatic rings. The Kier molecular flexibility index (Phi) is 5.46. The second-order valence-electron chi connectivity index (χ2n) is 4.86. The summed E-state index contributed by atoms with van der Waals surface area (Å²) in [6.07, 6.45) is -0.553. The maximum Gasteiger partial charge on any atom is 0.303 e. The van der Waals surface area contributed by atoms with Crippen LogP contribution in [0.4, 0.5) is 0 Å². The minimum atomic E-state index is -0.553. The van der Waals surface area contributed by atoms with Crippen LogP contribution in [-0.4, -0.2) is 27.3 Å². The van der Waals surface area contributed by atoms with Gasteiger partial charge in [-0.2, -0.15) is 0 Å². The fourth-order valence-corrected chi connectivity index (χ4v) is 2.38. The van der Waals surface area contributed by atoms with Gasteiger partial charge in [-0.25, -0.2) is 0 Å². The molecule has 0 radical (unpaired) electrons. The molecule has 0 aliphatic carbocycles. The van der Waals surface area contributed by atoms with Crippen molar-refractivity contribution in [3.05, 3.63) is 53.6 Å². The van der Waals surface area contributed by atoms with Crippen molar-refractivity contribution in [2.75, 3.05) is 21.3 Å². The van der Waals surface area contributed by atoms with Crippen molar-refractivity contribution in [3.63, 3.8) is 0 Å². The van der Waals surface area contributed by atoms with E-state index in [0.29, 0.717) is 17.2 Å². The van der Waals surface area contributed by atoms with Crippen molar-refractivity contribution < 1.29 is 23.7 Å². The highest BCUT2D eigenvalue weighted by Crippen LogP contribution is 2.41. The normalized spacial score (nSPS) is 11.5. The lowest BCUT2D eigenvalue weighted by atomic mass is 10.0. The summed E-state index contributed by atoms with van der Waals surface area (Å²) >= 11 is 0. The predicted octanol–water partition coefficient (Wildman–Crippen LogP) is 3.36. The molecule has 1 unspecified atom stereocenters. The number of rotatable bonds is 6. The van der Waals surface area contributed by atoms with Gasteiger partial charge in [0.2, 0.25) is 5.75 Å². The van der Waals surface area contributed by atoms with Crippen molar-refractivity contribution in [2.45, 2.75) is 13.0 Å². The Balaban J connectivity index is 2.56. The number of esters is 1. The van der Waals surface area contributed by atoms with E-state index in [2.05, 4.69) is 0 Å². The van der Waals surface area contributed by atoms with Crippen LogP contribution >= 0.6 is 0 Å². The van der Waals surface area contributed by atoms with Crippen LogP contribution in [0.5, 0.6) is 17.2 Å². The Bertz CT molecular complexity index is 641. The Labute approximate surface area is 135 Å². The molecule has 0 spiro atoms. The van der Waals surface area contributed by atoms with Gasteiger partial charge in [0.1, 0.15) is 0 Å². The molecule has 0 N–H and O–H groups in total. The summed E-state index contributed by atoms with van der Waals surface area (Å²) in [5.41, 5.74) is 1.60. The van der Waals surface area contributed by atoms with Crippen LogP contribution in [0.1, 0.15) is 24.2 Å². The summed E-state index contributed by atoms with van der Waals surface area (Å²) in [6.45, 7) is 1.38. The molecule has 122 valence electrons. The van der Waals surface area contributed by atoms with Gasteiger partial charge < -0.3 is 18.9 Å². The smallest absolute Gasteiger partial charge is 0.303 e. The summed E-state index contributed by atoms with van der Waals surface area (Å²) in [5.74, 6) is 1.14. The molecular weight excluding hydrogens is 296 g/mol. The predicted molar refractivity (Wildman–Crippen MR) is 86.1 cm³/mol. The van der Waals surface area contributed by atoms with E-state index in [1.54, 1.807) is 33.5 Å². The number of hydrogen-bond acceptors (Lipinski definition) is 5. The maximum atomic E-state index is 11.5. The second kappa shape index (κ2) is 7.54. The Hall–Kier alpha value is -2.69. The fraction of sp³-hybridized carbons (Fsp3) is 0.278. The largest absolute Gasteiger partial charge is 0.493 e. The van der Waals surface area contributed by atoms with Gasteiger partial charge in [0, 0.05) is 12.5 Å². The first-order valence-corrected chi connectivity index (χ1v) is 7.12. The number of benzene rings is 2. The Morgan fingerprint density at radius 1 is 0.870 bits per heavy atom. The molecule has 5 nitrogen and oxygen atoms in total. The summed E-state index contributed by atoms with van der Waals surface area (Å²) in [7, 11) is 4.63. The maximum absolute atomic E-state index is 11.5. The van der Waals surface area contributed by atoms with Crippen molar-refractivity contribution in [1.82, 2.24) is 0 Å². The topological polar surface area (TPSA) is 54.0 Å². The zero-order valence-corrected chi connectivity index (χ0v) is 13.7. The van der Waals surface area contributed by atoms with E-state index in [1.165, 1.54) is 6.92 Å². The highest BCUT2D eigenvalue weighted by Gasteiger charge is 2.22. The molecule has 0 saturated carbocycles. The first-order chi connectivity index (χ1) is 11.1. The van der Waals surface area contributed by atoms with Crippen molar-refractivity contribution >= 4 is 5.97 Å². The summed E-state index contributed by atoms with van der Waals surface area (Å²) in [4.78, 5) is 11.5. The Morgan fingerprint density at radius 3 is 1.87 bits per heavy atom. The van der Waals surface area contributed by atoms with Gasteiger partial charge in [-0.1, -0.05) is 30.3 Å². The summed E-state index contributed by atoms with van der Waals surface area (Å²) in [6, 6.07) is 13.1. The number of carbonyl (C=O) groups is 1. The third-order valence-corrected chi connectivity index (χ3v) is 3.38. The quantitative estimate of drug-likeness (QED) is 0.765. The number of ether oxygens (including phenoxy) is 4. The monoisotopic (exact) mass is 316 g/mol. The molecule has 0 aliphatic heterocycles. The van der Waals surface area contributed by atoms with E-state index in [1.807, 2.05) is 30.3 Å².